The summed E-state index contributed by atoms with van der Waals surface area (Å²) in [5.74, 6) is 0. The van der Waals surface area contributed by atoms with Crippen molar-refractivity contribution in [2.45, 2.75) is 4.90 Å². The quantitative estimate of drug-likeness (QED) is 0.895. The molecule has 0 aliphatic rings. The number of sulfonamides is 1. The first kappa shape index (κ1) is 17.4. The summed E-state index contributed by atoms with van der Waals surface area (Å²) in [7, 11) is -0.266. The third-order valence-corrected chi connectivity index (χ3v) is 5.60. The van der Waals surface area contributed by atoms with Gasteiger partial charge in [-0.2, -0.15) is 4.31 Å². The summed E-state index contributed by atoms with van der Waals surface area (Å²) in [6.45, 7) is 0.952. The summed E-state index contributed by atoms with van der Waals surface area (Å²) in [4.78, 5) is 0.0720. The third-order valence-electron chi connectivity index (χ3n) is 1.99. The number of nitrogens with one attached hydrogen (secondary N) is 1. The Morgan fingerprint density at radius 3 is 2.47 bits per heavy atom. The Labute approximate surface area is 121 Å². The van der Waals surface area contributed by atoms with Crippen LogP contribution in [0.15, 0.2) is 11.0 Å². The first-order chi connectivity index (χ1) is 7.39. The summed E-state index contributed by atoms with van der Waals surface area (Å²) in [5.41, 5.74) is 0. The molecule has 0 spiro atoms. The van der Waals surface area contributed by atoms with Crippen LogP contribution < -0.4 is 5.32 Å². The van der Waals surface area contributed by atoms with Gasteiger partial charge < -0.3 is 5.32 Å². The van der Waals surface area contributed by atoms with Crippen molar-refractivity contribution < 1.29 is 8.42 Å². The van der Waals surface area contributed by atoms with Crippen molar-refractivity contribution in [2.24, 2.45) is 0 Å². The summed E-state index contributed by atoms with van der Waals surface area (Å²) >= 11 is 12.6. The van der Waals surface area contributed by atoms with Gasteiger partial charge in [-0.15, -0.1) is 23.7 Å². The first-order valence-electron chi connectivity index (χ1n) is 4.45. The van der Waals surface area contributed by atoms with Crippen LogP contribution in [0.2, 0.25) is 8.67 Å². The Bertz CT molecular complexity index is 461. The van der Waals surface area contributed by atoms with E-state index in [-0.39, 0.29) is 21.6 Å². The molecule has 1 rings (SSSR count). The molecule has 1 aromatic rings. The van der Waals surface area contributed by atoms with Crippen LogP contribution >= 0.6 is 46.9 Å². The maximum Gasteiger partial charge on any atom is 0.245 e. The molecule has 0 unspecified atom stereocenters. The number of halogens is 3. The minimum atomic E-state index is -3.53. The molecule has 0 aliphatic carbocycles. The molecule has 0 atom stereocenters. The van der Waals surface area contributed by atoms with Gasteiger partial charge in [-0.05, 0) is 13.1 Å². The molecule has 17 heavy (non-hydrogen) atoms. The molecule has 0 amide bonds. The van der Waals surface area contributed by atoms with Crippen LogP contribution in [0.1, 0.15) is 0 Å². The molecule has 1 aromatic heterocycles. The van der Waals surface area contributed by atoms with Crippen molar-refractivity contribution in [3.05, 3.63) is 14.7 Å². The zero-order chi connectivity index (χ0) is 12.3. The monoisotopic (exact) mass is 338 g/mol. The molecular weight excluding hydrogens is 327 g/mol. The van der Waals surface area contributed by atoms with Gasteiger partial charge in [-0.25, -0.2) is 8.42 Å². The fourth-order valence-corrected chi connectivity index (χ4v) is 4.34. The van der Waals surface area contributed by atoms with E-state index < -0.39 is 10.0 Å². The van der Waals surface area contributed by atoms with Gasteiger partial charge in [0.25, 0.3) is 0 Å². The minimum Gasteiger partial charge on any atom is -0.318 e. The van der Waals surface area contributed by atoms with E-state index in [1.54, 1.807) is 7.05 Å². The second-order valence-electron chi connectivity index (χ2n) is 3.12. The van der Waals surface area contributed by atoms with E-state index in [0.717, 1.165) is 11.3 Å². The van der Waals surface area contributed by atoms with E-state index in [1.165, 1.54) is 17.4 Å². The number of nitrogens with zero attached hydrogens (tertiary/aromatic N) is 1. The summed E-state index contributed by atoms with van der Waals surface area (Å²) in [6.07, 6.45) is 0. The van der Waals surface area contributed by atoms with Gasteiger partial charge in [0.1, 0.15) is 9.23 Å². The average molecular weight is 340 g/mol. The second-order valence-corrected chi connectivity index (χ2v) is 7.42. The third kappa shape index (κ3) is 4.24. The van der Waals surface area contributed by atoms with E-state index >= 15 is 0 Å². The molecule has 0 aromatic carbocycles. The Morgan fingerprint density at radius 2 is 2.06 bits per heavy atom. The fourth-order valence-electron chi connectivity index (χ4n) is 1.06. The Morgan fingerprint density at radius 1 is 1.47 bits per heavy atom. The van der Waals surface area contributed by atoms with Gasteiger partial charge in [0.15, 0.2) is 0 Å². The van der Waals surface area contributed by atoms with Gasteiger partial charge in [-0.3, -0.25) is 0 Å². The SMILES string of the molecule is CNCCN(C)S(=O)(=O)c1cc(Cl)sc1Cl.Cl. The highest BCUT2D eigenvalue weighted by atomic mass is 35.5. The molecule has 0 bridgehead atoms. The highest BCUT2D eigenvalue weighted by molar-refractivity contribution is 7.89. The summed E-state index contributed by atoms with van der Waals surface area (Å²) < 4.78 is 25.9. The van der Waals surface area contributed by atoms with Gasteiger partial charge in [0, 0.05) is 20.1 Å². The number of hydrogen-bond donors (Lipinski definition) is 1. The average Bonchev–Trinajstić information content (AvgIpc) is 2.54. The molecular formula is C8H13Cl3N2O2S2. The maximum absolute atomic E-state index is 12.0. The molecule has 4 nitrogen and oxygen atoms in total. The number of thiophene rings is 1. The van der Waals surface area contributed by atoms with Gasteiger partial charge in [0.05, 0.1) is 4.34 Å². The van der Waals surface area contributed by atoms with Crippen LogP contribution in [0.25, 0.3) is 0 Å². The van der Waals surface area contributed by atoms with Crippen molar-refractivity contribution in [1.29, 1.82) is 0 Å². The molecule has 0 radical (unpaired) electrons. The standard InChI is InChI=1S/C8H12Cl2N2O2S2.ClH/c1-11-3-4-12(2)16(13,14)6-5-7(9)15-8(6)10;/h5,11H,3-4H2,1-2H3;1H. The zero-order valence-electron chi connectivity index (χ0n) is 9.24. The maximum atomic E-state index is 12.0. The lowest BCUT2D eigenvalue weighted by molar-refractivity contribution is 0.466. The number of rotatable bonds is 5. The molecule has 0 fully saturated rings. The van der Waals surface area contributed by atoms with Gasteiger partial charge >= 0.3 is 0 Å². The van der Waals surface area contributed by atoms with Crippen molar-refractivity contribution in [1.82, 2.24) is 9.62 Å². The van der Waals surface area contributed by atoms with Crippen LogP contribution in [0.4, 0.5) is 0 Å². The van der Waals surface area contributed by atoms with Crippen LogP contribution in [-0.4, -0.2) is 39.9 Å². The molecule has 1 N–H and O–H groups in total. The largest absolute Gasteiger partial charge is 0.318 e. The Balaban J connectivity index is 0.00000256. The number of likely N-dealkylation sites (N-methyl/N-ethyl adjacent to an activating group) is 2. The summed E-state index contributed by atoms with van der Waals surface area (Å²) in [6, 6.07) is 1.37. The molecule has 9 heteroatoms. The first-order valence-corrected chi connectivity index (χ1v) is 7.46. The topological polar surface area (TPSA) is 49.4 Å². The van der Waals surface area contributed by atoms with Crippen molar-refractivity contribution in [2.75, 3.05) is 27.2 Å². The predicted octanol–water partition coefficient (Wildman–Crippen LogP) is 2.32. The van der Waals surface area contributed by atoms with Gasteiger partial charge in [0.2, 0.25) is 10.0 Å². The lowest BCUT2D eigenvalue weighted by Crippen LogP contribution is -2.32. The van der Waals surface area contributed by atoms with Crippen LogP contribution in [0.5, 0.6) is 0 Å². The van der Waals surface area contributed by atoms with E-state index in [2.05, 4.69) is 5.32 Å². The van der Waals surface area contributed by atoms with Crippen molar-refractivity contribution in [3.63, 3.8) is 0 Å². The highest BCUT2D eigenvalue weighted by Gasteiger charge is 2.25. The predicted molar refractivity (Wildman–Crippen MR) is 75.3 cm³/mol. The normalized spacial score (nSPS) is 11.6. The second kappa shape index (κ2) is 7.13. The Kier molecular flexibility index (Phi) is 7.32. The number of hydrogen-bond acceptors (Lipinski definition) is 4. The lowest BCUT2D eigenvalue weighted by atomic mass is 10.6. The van der Waals surface area contributed by atoms with Crippen molar-refractivity contribution >= 4 is 57.0 Å². The molecule has 0 saturated heterocycles. The molecule has 1 heterocycles. The van der Waals surface area contributed by atoms with Crippen LogP contribution in [-0.2, 0) is 10.0 Å². The van der Waals surface area contributed by atoms with Crippen molar-refractivity contribution in [3.8, 4) is 0 Å². The molecule has 0 aliphatic heterocycles. The smallest absolute Gasteiger partial charge is 0.245 e. The summed E-state index contributed by atoms with van der Waals surface area (Å²) in [5, 5.41) is 2.88. The van der Waals surface area contributed by atoms with Crippen LogP contribution in [0.3, 0.4) is 0 Å². The van der Waals surface area contributed by atoms with E-state index in [1.807, 2.05) is 0 Å². The minimum absolute atomic E-state index is 0. The fraction of sp³-hybridized carbons (Fsp3) is 0.500. The highest BCUT2D eigenvalue weighted by Crippen LogP contribution is 2.35. The zero-order valence-corrected chi connectivity index (χ0v) is 13.2. The van der Waals surface area contributed by atoms with E-state index in [4.69, 9.17) is 23.2 Å². The molecule has 0 saturated carbocycles. The van der Waals surface area contributed by atoms with E-state index in [0.29, 0.717) is 17.4 Å². The van der Waals surface area contributed by atoms with E-state index in [9.17, 15) is 8.42 Å². The van der Waals surface area contributed by atoms with Crippen LogP contribution in [0, 0.1) is 0 Å². The molecule has 100 valence electrons. The Hall–Kier alpha value is 0.440. The van der Waals surface area contributed by atoms with Gasteiger partial charge in [-0.1, -0.05) is 23.2 Å². The lowest BCUT2D eigenvalue weighted by Gasteiger charge is -2.16.